The molecule has 0 radical (unpaired) electrons. The summed E-state index contributed by atoms with van der Waals surface area (Å²) in [7, 11) is 0. The maximum atomic E-state index is 14.4. The number of carbonyl (C=O) groups is 1. The van der Waals surface area contributed by atoms with E-state index >= 15 is 0 Å². The third-order valence-electron chi connectivity index (χ3n) is 4.68. The minimum atomic E-state index is -0.572. The molecular weight excluding hydrogens is 405 g/mol. The van der Waals surface area contributed by atoms with Crippen molar-refractivity contribution in [2.24, 2.45) is 0 Å². The molecule has 5 rings (SSSR count). The van der Waals surface area contributed by atoms with Gasteiger partial charge in [-0.2, -0.15) is 0 Å². The summed E-state index contributed by atoms with van der Waals surface area (Å²) in [5.74, 6) is 0.248. The van der Waals surface area contributed by atoms with Crippen LogP contribution in [-0.4, -0.2) is 29.1 Å². The van der Waals surface area contributed by atoms with E-state index in [1.54, 1.807) is 36.7 Å². The summed E-state index contributed by atoms with van der Waals surface area (Å²) >= 11 is 1.34. The van der Waals surface area contributed by atoms with Gasteiger partial charge >= 0.3 is 0 Å². The number of ether oxygens (including phenoxy) is 2. The zero-order chi connectivity index (χ0) is 20.5. The Balaban J connectivity index is 1.58. The average molecular weight is 421 g/mol. The van der Waals surface area contributed by atoms with Crippen LogP contribution in [0, 0.1) is 5.82 Å². The molecule has 0 atom stereocenters. The third-order valence-corrected chi connectivity index (χ3v) is 5.73. The first kappa shape index (κ1) is 18.5. The highest BCUT2D eigenvalue weighted by atomic mass is 32.1. The van der Waals surface area contributed by atoms with Crippen LogP contribution in [0.3, 0.4) is 0 Å². The van der Waals surface area contributed by atoms with Crippen LogP contribution >= 0.6 is 11.3 Å². The van der Waals surface area contributed by atoms with E-state index in [4.69, 9.17) is 9.47 Å². The number of hydrogen-bond acceptors (Lipinski definition) is 6. The van der Waals surface area contributed by atoms with Gasteiger partial charge in [-0.05, 0) is 23.8 Å². The Morgan fingerprint density at radius 1 is 1.10 bits per heavy atom. The largest absolute Gasteiger partial charge is 0.486 e. The van der Waals surface area contributed by atoms with Gasteiger partial charge in [0.25, 0.3) is 5.91 Å². The van der Waals surface area contributed by atoms with Gasteiger partial charge in [0, 0.05) is 24.5 Å². The molecular formula is C22H16FN3O3S. The van der Waals surface area contributed by atoms with Crippen LogP contribution in [0.15, 0.2) is 60.9 Å². The molecule has 1 amide bonds. The van der Waals surface area contributed by atoms with Crippen molar-refractivity contribution in [1.29, 1.82) is 0 Å². The maximum Gasteiger partial charge on any atom is 0.263 e. The Hall–Kier alpha value is -3.52. The van der Waals surface area contributed by atoms with Crippen molar-refractivity contribution in [2.45, 2.75) is 6.54 Å². The van der Waals surface area contributed by atoms with Gasteiger partial charge in [0.15, 0.2) is 16.6 Å². The first-order valence-electron chi connectivity index (χ1n) is 9.34. The van der Waals surface area contributed by atoms with Gasteiger partial charge in [-0.3, -0.25) is 14.7 Å². The zero-order valence-electron chi connectivity index (χ0n) is 15.7. The van der Waals surface area contributed by atoms with E-state index in [-0.39, 0.29) is 12.1 Å². The van der Waals surface area contributed by atoms with Crippen LogP contribution in [0.1, 0.15) is 15.9 Å². The van der Waals surface area contributed by atoms with Gasteiger partial charge in [-0.1, -0.05) is 29.5 Å². The van der Waals surface area contributed by atoms with Gasteiger partial charge in [-0.15, -0.1) is 0 Å². The molecule has 0 aliphatic carbocycles. The number of carbonyl (C=O) groups excluding carboxylic acids is 1. The predicted molar refractivity (Wildman–Crippen MR) is 112 cm³/mol. The summed E-state index contributed by atoms with van der Waals surface area (Å²) in [4.78, 5) is 23.5. The molecule has 0 N–H and O–H groups in total. The van der Waals surface area contributed by atoms with Crippen molar-refractivity contribution in [3.05, 3.63) is 77.9 Å². The number of pyridine rings is 1. The first-order chi connectivity index (χ1) is 14.7. The fraction of sp³-hybridized carbons (Fsp3) is 0.136. The van der Waals surface area contributed by atoms with Crippen LogP contribution < -0.4 is 14.4 Å². The topological polar surface area (TPSA) is 64.6 Å². The average Bonchev–Trinajstić information content (AvgIpc) is 3.19. The molecule has 4 aromatic rings. The van der Waals surface area contributed by atoms with Gasteiger partial charge in [-0.25, -0.2) is 9.37 Å². The first-order valence-corrected chi connectivity index (χ1v) is 10.2. The highest BCUT2D eigenvalue weighted by molar-refractivity contribution is 7.22. The van der Waals surface area contributed by atoms with E-state index in [9.17, 15) is 9.18 Å². The van der Waals surface area contributed by atoms with Crippen molar-refractivity contribution >= 4 is 32.6 Å². The van der Waals surface area contributed by atoms with Gasteiger partial charge in [0.1, 0.15) is 19.0 Å². The van der Waals surface area contributed by atoms with Crippen LogP contribution in [-0.2, 0) is 6.54 Å². The fourth-order valence-corrected chi connectivity index (χ4v) is 4.22. The van der Waals surface area contributed by atoms with Crippen molar-refractivity contribution in [1.82, 2.24) is 9.97 Å². The molecule has 0 fully saturated rings. The molecule has 0 spiro atoms. The lowest BCUT2D eigenvalue weighted by molar-refractivity contribution is 0.0981. The second-order valence-electron chi connectivity index (χ2n) is 6.69. The van der Waals surface area contributed by atoms with Gasteiger partial charge in [0.2, 0.25) is 0 Å². The van der Waals surface area contributed by atoms with E-state index in [0.717, 1.165) is 10.3 Å². The molecule has 0 unspecified atom stereocenters. The molecule has 2 aromatic heterocycles. The number of thiazole rings is 1. The van der Waals surface area contributed by atoms with E-state index < -0.39 is 11.7 Å². The Labute approximate surface area is 175 Å². The molecule has 0 saturated heterocycles. The minimum Gasteiger partial charge on any atom is -0.486 e. The summed E-state index contributed by atoms with van der Waals surface area (Å²) < 4.78 is 26.5. The van der Waals surface area contributed by atoms with Crippen LogP contribution in [0.25, 0.3) is 10.2 Å². The van der Waals surface area contributed by atoms with Crippen LogP contribution in [0.5, 0.6) is 11.5 Å². The number of nitrogens with zero attached hydrogens (tertiary/aromatic N) is 3. The summed E-state index contributed by atoms with van der Waals surface area (Å²) in [6.45, 7) is 1.19. The lowest BCUT2D eigenvalue weighted by atomic mass is 10.1. The molecule has 3 heterocycles. The summed E-state index contributed by atoms with van der Waals surface area (Å²) in [5, 5.41) is 0.462. The number of aromatic nitrogens is 2. The van der Waals surface area contributed by atoms with Crippen molar-refractivity contribution in [2.75, 3.05) is 18.1 Å². The lowest BCUT2D eigenvalue weighted by Gasteiger charge is -2.20. The highest BCUT2D eigenvalue weighted by Crippen LogP contribution is 2.39. The standard InChI is InChI=1S/C22H16FN3O3S/c23-16-6-2-1-5-15(16)21(27)26(13-14-4-3-7-24-12-14)22-25-17-10-18-19(11-20(17)30-22)29-9-8-28-18/h1-7,10-12H,8-9,13H2. The Kier molecular flexibility index (Phi) is 4.76. The SMILES string of the molecule is O=C(c1ccccc1F)N(Cc1cccnc1)c1nc2cc3c(cc2s1)OCCO3. The van der Waals surface area contributed by atoms with Crippen LogP contribution in [0.4, 0.5) is 9.52 Å². The van der Waals surface area contributed by atoms with E-state index in [1.165, 1.54) is 28.4 Å². The van der Waals surface area contributed by atoms with Crippen molar-refractivity contribution < 1.29 is 18.7 Å². The van der Waals surface area contributed by atoms with E-state index in [2.05, 4.69) is 9.97 Å². The molecule has 2 aromatic carbocycles. The lowest BCUT2D eigenvalue weighted by Crippen LogP contribution is -2.31. The molecule has 1 aliphatic rings. The summed E-state index contributed by atoms with van der Waals surface area (Å²) in [6.07, 6.45) is 3.34. The molecule has 1 aliphatic heterocycles. The smallest absolute Gasteiger partial charge is 0.263 e. The predicted octanol–water partition coefficient (Wildman–Crippen LogP) is 4.45. The zero-order valence-corrected chi connectivity index (χ0v) is 16.6. The molecule has 0 bridgehead atoms. The number of halogens is 1. The van der Waals surface area contributed by atoms with Gasteiger partial charge < -0.3 is 9.47 Å². The van der Waals surface area contributed by atoms with E-state index in [0.29, 0.717) is 35.4 Å². The normalized spacial score (nSPS) is 12.7. The number of anilines is 1. The van der Waals surface area contributed by atoms with Gasteiger partial charge in [0.05, 0.1) is 22.3 Å². The second-order valence-corrected chi connectivity index (χ2v) is 7.70. The van der Waals surface area contributed by atoms with E-state index in [1.807, 2.05) is 12.1 Å². The second kappa shape index (κ2) is 7.72. The number of amides is 1. The Bertz CT molecular complexity index is 1190. The van der Waals surface area contributed by atoms with Crippen molar-refractivity contribution in [3.8, 4) is 11.5 Å². The monoisotopic (exact) mass is 421 g/mol. The number of rotatable bonds is 4. The molecule has 6 nitrogen and oxygen atoms in total. The number of fused-ring (bicyclic) bond motifs is 2. The molecule has 8 heteroatoms. The maximum absolute atomic E-state index is 14.4. The number of hydrogen-bond donors (Lipinski definition) is 0. The highest BCUT2D eigenvalue weighted by Gasteiger charge is 2.25. The van der Waals surface area contributed by atoms with Crippen LogP contribution in [0.2, 0.25) is 0 Å². The molecule has 150 valence electrons. The Morgan fingerprint density at radius 3 is 2.67 bits per heavy atom. The molecule has 30 heavy (non-hydrogen) atoms. The van der Waals surface area contributed by atoms with Crippen molar-refractivity contribution in [3.63, 3.8) is 0 Å². The Morgan fingerprint density at radius 2 is 1.90 bits per heavy atom. The molecule has 0 saturated carbocycles. The minimum absolute atomic E-state index is 0.00777. The fourth-order valence-electron chi connectivity index (χ4n) is 3.25. The quantitative estimate of drug-likeness (QED) is 0.487. The summed E-state index contributed by atoms with van der Waals surface area (Å²) in [6, 6.07) is 13.3. The third kappa shape index (κ3) is 3.46. The summed E-state index contributed by atoms with van der Waals surface area (Å²) in [5.41, 5.74) is 1.50. The number of benzene rings is 2.